The molecule has 11 heteroatoms. The lowest BCUT2D eigenvalue weighted by molar-refractivity contribution is 0.417. The van der Waals surface area contributed by atoms with E-state index in [1.165, 1.54) is 12.7 Å². The molecule has 1 aromatic heterocycles. The van der Waals surface area contributed by atoms with Gasteiger partial charge in [0.25, 0.3) is 0 Å². The second-order valence-electron chi connectivity index (χ2n) is 10.7. The Morgan fingerprint density at radius 3 is 2.58 bits per heavy atom. The molecule has 2 N–H and O–H groups in total. The summed E-state index contributed by atoms with van der Waals surface area (Å²) in [5.41, 5.74) is 5.94. The van der Waals surface area contributed by atoms with Crippen LogP contribution in [0.5, 0.6) is 5.75 Å². The average molecular weight is 598 g/mol. The molecule has 210 valence electrons. The van der Waals surface area contributed by atoms with Crippen LogP contribution < -0.4 is 24.6 Å². The number of hydrogen-bond acceptors (Lipinski definition) is 6. The van der Waals surface area contributed by atoms with Crippen molar-refractivity contribution in [3.63, 3.8) is 0 Å². The van der Waals surface area contributed by atoms with Gasteiger partial charge in [-0.1, -0.05) is 23.7 Å². The number of pyridine rings is 1. The summed E-state index contributed by atoms with van der Waals surface area (Å²) in [7, 11) is 0.0693. The summed E-state index contributed by atoms with van der Waals surface area (Å²) in [6, 6.07) is 14.5. The van der Waals surface area contributed by atoms with Crippen LogP contribution in [0.4, 0.5) is 17.1 Å². The molecule has 3 heterocycles. The lowest BCUT2D eigenvalue weighted by atomic mass is 9.86. The number of methoxy groups -OCH3 is 1. The van der Waals surface area contributed by atoms with Crippen molar-refractivity contribution in [2.45, 2.75) is 38.4 Å². The fraction of sp³-hybridized carbons (Fsp3) is 0.310. The number of sulfonamides is 1. The normalized spacial score (nSPS) is 20.1. The maximum atomic E-state index is 11.9. The number of benzene rings is 2. The molecule has 40 heavy (non-hydrogen) atoms. The van der Waals surface area contributed by atoms with Crippen molar-refractivity contribution in [1.29, 1.82) is 0 Å². The molecule has 0 bridgehead atoms. The largest absolute Gasteiger partial charge is 0.494 e. The molecule has 0 saturated carbocycles. The highest BCUT2D eigenvalue weighted by atomic mass is 35.5. The minimum Gasteiger partial charge on any atom is -0.494 e. The first kappa shape index (κ1) is 28.2. The van der Waals surface area contributed by atoms with Crippen molar-refractivity contribution in [2.75, 3.05) is 34.9 Å². The van der Waals surface area contributed by atoms with Crippen molar-refractivity contribution >= 4 is 61.6 Å². The van der Waals surface area contributed by atoms with Gasteiger partial charge in [-0.05, 0) is 80.5 Å². The molecule has 5 rings (SSSR count). The Hall–Kier alpha value is -3.34. The van der Waals surface area contributed by atoms with Gasteiger partial charge in [0.15, 0.2) is 5.11 Å². The first-order chi connectivity index (χ1) is 18.8. The number of aromatic nitrogens is 1. The molecule has 2 aromatic carbocycles. The van der Waals surface area contributed by atoms with E-state index >= 15 is 0 Å². The van der Waals surface area contributed by atoms with Crippen LogP contribution in [-0.4, -0.2) is 44.5 Å². The molecule has 0 radical (unpaired) electrons. The van der Waals surface area contributed by atoms with E-state index in [9.17, 15) is 8.42 Å². The summed E-state index contributed by atoms with van der Waals surface area (Å²) < 4.78 is 31.9. The molecular weight excluding hydrogens is 566 g/mol. The van der Waals surface area contributed by atoms with Crippen molar-refractivity contribution in [3.05, 3.63) is 82.6 Å². The molecule has 8 nitrogen and oxygen atoms in total. The van der Waals surface area contributed by atoms with Crippen LogP contribution in [0.3, 0.4) is 0 Å². The van der Waals surface area contributed by atoms with Crippen LogP contribution in [0.2, 0.25) is 5.02 Å². The van der Waals surface area contributed by atoms with Gasteiger partial charge in [-0.3, -0.25) is 9.71 Å². The van der Waals surface area contributed by atoms with E-state index in [1.807, 2.05) is 35.2 Å². The zero-order valence-electron chi connectivity index (χ0n) is 23.2. The number of hydrogen-bond donors (Lipinski definition) is 2. The second kappa shape index (κ2) is 10.2. The Morgan fingerprint density at radius 1 is 1.18 bits per heavy atom. The summed E-state index contributed by atoms with van der Waals surface area (Å²) in [5, 5.41) is 4.56. The minimum absolute atomic E-state index is 0.154. The molecule has 0 spiro atoms. The predicted molar refractivity (Wildman–Crippen MR) is 167 cm³/mol. The van der Waals surface area contributed by atoms with E-state index in [0.717, 1.165) is 34.5 Å². The highest BCUT2D eigenvalue weighted by Gasteiger charge is 2.43. The van der Waals surface area contributed by atoms with E-state index in [2.05, 4.69) is 59.9 Å². The Kier molecular flexibility index (Phi) is 7.22. The summed E-state index contributed by atoms with van der Waals surface area (Å²) in [4.78, 5) is 8.86. The molecule has 3 aromatic rings. The van der Waals surface area contributed by atoms with Gasteiger partial charge < -0.3 is 19.9 Å². The van der Waals surface area contributed by atoms with Gasteiger partial charge in [-0.2, -0.15) is 0 Å². The zero-order valence-corrected chi connectivity index (χ0v) is 25.6. The highest BCUT2D eigenvalue weighted by molar-refractivity contribution is 7.92. The third-order valence-corrected chi connectivity index (χ3v) is 8.74. The molecule has 1 fully saturated rings. The Bertz CT molecular complexity index is 1630. The first-order valence-corrected chi connectivity index (χ1v) is 15.4. The number of fused-ring (bicyclic) bond motifs is 1. The minimum atomic E-state index is -3.50. The zero-order chi connectivity index (χ0) is 29.0. The maximum absolute atomic E-state index is 11.9. The molecule has 2 atom stereocenters. The summed E-state index contributed by atoms with van der Waals surface area (Å²) in [6.45, 7) is 6.47. The number of anilines is 3. The second-order valence-corrected chi connectivity index (χ2v) is 13.2. The number of ether oxygens (including phenoxy) is 1. The maximum Gasteiger partial charge on any atom is 0.229 e. The standard InChI is InChI=1S/C29H32ClN5O3S2/c1-17-16-29(2,3)34(4)24-15-21(30)20(14-19(17)24)27-26(23-9-7-8-12-31-23)32-28(39)35(27)18-10-11-22(25(13-18)38-5)33-40(6,36)37/h7-16,26-27,33H,1-6H3,(H,32,39)/t26-,27-/m0/s1. The van der Waals surface area contributed by atoms with Crippen molar-refractivity contribution in [1.82, 2.24) is 10.3 Å². The Balaban J connectivity index is 1.68. The number of allylic oxidation sites excluding steroid dienone is 1. The number of rotatable bonds is 6. The summed E-state index contributed by atoms with van der Waals surface area (Å²) >= 11 is 13.0. The lowest BCUT2D eigenvalue weighted by Crippen LogP contribution is -2.42. The fourth-order valence-electron chi connectivity index (χ4n) is 5.48. The van der Waals surface area contributed by atoms with E-state index in [4.69, 9.17) is 28.6 Å². The topological polar surface area (TPSA) is 86.8 Å². The Morgan fingerprint density at radius 2 is 1.93 bits per heavy atom. The van der Waals surface area contributed by atoms with Gasteiger partial charge in [-0.25, -0.2) is 8.42 Å². The van der Waals surface area contributed by atoms with Crippen molar-refractivity contribution in [2.24, 2.45) is 0 Å². The van der Waals surface area contributed by atoms with Gasteiger partial charge in [0.05, 0.1) is 42.4 Å². The van der Waals surface area contributed by atoms with E-state index in [1.54, 1.807) is 18.3 Å². The molecule has 2 aliphatic rings. The van der Waals surface area contributed by atoms with Gasteiger partial charge in [0, 0.05) is 41.3 Å². The molecule has 2 aliphatic heterocycles. The SMILES string of the molecule is COc1cc(N2C(=S)N[C@@H](c3ccccn3)[C@@H]2c2cc3c(cc2Cl)N(C)C(C)(C)C=C3C)ccc1NS(C)(=O)=O. The first-order valence-electron chi connectivity index (χ1n) is 12.7. The quantitative estimate of drug-likeness (QED) is 0.339. The fourth-order valence-corrected chi connectivity index (χ4v) is 6.66. The van der Waals surface area contributed by atoms with E-state index in [-0.39, 0.29) is 17.6 Å². The molecule has 0 amide bonds. The monoisotopic (exact) mass is 597 g/mol. The number of nitrogens with one attached hydrogen (secondary N) is 2. The van der Waals surface area contributed by atoms with Crippen LogP contribution in [0.25, 0.3) is 5.57 Å². The summed E-state index contributed by atoms with van der Waals surface area (Å²) in [5.74, 6) is 0.366. The van der Waals surface area contributed by atoms with Gasteiger partial charge in [0.1, 0.15) is 5.75 Å². The molecule has 0 aliphatic carbocycles. The van der Waals surface area contributed by atoms with Gasteiger partial charge in [-0.15, -0.1) is 0 Å². The molecule has 1 saturated heterocycles. The van der Waals surface area contributed by atoms with Crippen LogP contribution >= 0.6 is 23.8 Å². The van der Waals surface area contributed by atoms with E-state index < -0.39 is 10.0 Å². The number of likely N-dealkylation sites (N-methyl/N-ethyl adjacent to an activating group) is 1. The number of halogens is 1. The van der Waals surface area contributed by atoms with Crippen LogP contribution in [0, 0.1) is 0 Å². The predicted octanol–water partition coefficient (Wildman–Crippen LogP) is 5.92. The molecule has 0 unspecified atom stereocenters. The third-order valence-electron chi connectivity index (χ3n) is 7.51. The highest BCUT2D eigenvalue weighted by Crippen LogP contribution is 2.48. The third kappa shape index (κ3) is 5.11. The Labute approximate surface area is 246 Å². The molecular formula is C29H32ClN5O3S2. The van der Waals surface area contributed by atoms with Gasteiger partial charge in [0.2, 0.25) is 10.0 Å². The van der Waals surface area contributed by atoms with Crippen molar-refractivity contribution in [3.8, 4) is 5.75 Å². The van der Waals surface area contributed by atoms with Crippen molar-refractivity contribution < 1.29 is 13.2 Å². The summed E-state index contributed by atoms with van der Waals surface area (Å²) in [6.07, 6.45) is 5.12. The smallest absolute Gasteiger partial charge is 0.229 e. The van der Waals surface area contributed by atoms with Crippen LogP contribution in [0.1, 0.15) is 49.7 Å². The lowest BCUT2D eigenvalue weighted by Gasteiger charge is -2.41. The average Bonchev–Trinajstić information content (AvgIpc) is 3.23. The number of nitrogens with zero attached hydrogens (tertiary/aromatic N) is 3. The van der Waals surface area contributed by atoms with Gasteiger partial charge >= 0.3 is 0 Å². The van der Waals surface area contributed by atoms with E-state index in [0.29, 0.717) is 21.6 Å². The van der Waals surface area contributed by atoms with Crippen LogP contribution in [-0.2, 0) is 10.0 Å². The van der Waals surface area contributed by atoms with Crippen LogP contribution in [0.15, 0.2) is 60.8 Å². The number of thiocarbonyl (C=S) groups is 1.